The summed E-state index contributed by atoms with van der Waals surface area (Å²) in [5.41, 5.74) is 4.41. The summed E-state index contributed by atoms with van der Waals surface area (Å²) in [6, 6.07) is 4.09. The Morgan fingerprint density at radius 2 is 1.67 bits per heavy atom. The topological polar surface area (TPSA) is 52.6 Å². The Balaban J connectivity index is 2.19. The Labute approximate surface area is 161 Å². The van der Waals surface area contributed by atoms with Crippen molar-refractivity contribution in [2.24, 2.45) is 0 Å². The van der Waals surface area contributed by atoms with Gasteiger partial charge >= 0.3 is 11.9 Å². The van der Waals surface area contributed by atoms with Crippen LogP contribution in [0.15, 0.2) is 29.5 Å². The maximum absolute atomic E-state index is 13.0. The van der Waals surface area contributed by atoms with Gasteiger partial charge in [0.25, 0.3) is 0 Å². The quantitative estimate of drug-likeness (QED) is 0.551. The van der Waals surface area contributed by atoms with Gasteiger partial charge in [-0.1, -0.05) is 29.7 Å². The largest absolute Gasteiger partial charge is 0.447 e. The van der Waals surface area contributed by atoms with Gasteiger partial charge in [-0.2, -0.15) is 0 Å². The normalized spacial score (nSPS) is 18.5. The Morgan fingerprint density at radius 1 is 1.07 bits per heavy atom. The van der Waals surface area contributed by atoms with Gasteiger partial charge in [0.2, 0.25) is 0 Å². The lowest BCUT2D eigenvalue weighted by Gasteiger charge is -2.33. The second kappa shape index (κ2) is 7.34. The third-order valence-electron chi connectivity index (χ3n) is 5.33. The predicted octanol–water partition coefficient (Wildman–Crippen LogP) is 5.09. The summed E-state index contributed by atoms with van der Waals surface area (Å²) in [6.07, 6.45) is 5.87. The maximum Gasteiger partial charge on any atom is 0.343 e. The van der Waals surface area contributed by atoms with E-state index in [0.29, 0.717) is 24.2 Å². The van der Waals surface area contributed by atoms with Crippen molar-refractivity contribution in [1.29, 1.82) is 0 Å². The van der Waals surface area contributed by atoms with Crippen LogP contribution in [0.4, 0.5) is 0 Å². The van der Waals surface area contributed by atoms with Crippen molar-refractivity contribution in [2.75, 3.05) is 0 Å². The van der Waals surface area contributed by atoms with Crippen molar-refractivity contribution in [2.45, 2.75) is 72.3 Å². The van der Waals surface area contributed by atoms with Gasteiger partial charge < -0.3 is 9.47 Å². The average Bonchev–Trinajstić information content (AvgIpc) is 2.79. The summed E-state index contributed by atoms with van der Waals surface area (Å²) in [4.78, 5) is 25.4. The van der Waals surface area contributed by atoms with Crippen LogP contribution < -0.4 is 0 Å². The van der Waals surface area contributed by atoms with Crippen molar-refractivity contribution in [1.82, 2.24) is 0 Å². The highest BCUT2D eigenvalue weighted by molar-refractivity contribution is 6.21. The Kier molecular flexibility index (Phi) is 5.27. The van der Waals surface area contributed by atoms with Crippen molar-refractivity contribution >= 4 is 17.5 Å². The number of rotatable bonds is 3. The molecule has 27 heavy (non-hydrogen) atoms. The molecule has 1 aromatic rings. The van der Waals surface area contributed by atoms with Gasteiger partial charge in [-0.25, -0.2) is 9.59 Å². The minimum absolute atomic E-state index is 0.382. The van der Waals surface area contributed by atoms with Gasteiger partial charge in [-0.15, -0.1) is 0 Å². The van der Waals surface area contributed by atoms with E-state index in [1.165, 1.54) is 6.08 Å². The van der Waals surface area contributed by atoms with Crippen LogP contribution in [0.5, 0.6) is 0 Å². The molecule has 1 spiro atoms. The first-order valence-electron chi connectivity index (χ1n) is 9.66. The molecule has 1 fully saturated rings. The summed E-state index contributed by atoms with van der Waals surface area (Å²) in [6.45, 7) is 9.69. The molecule has 0 atom stereocenters. The minimum atomic E-state index is -0.806. The van der Waals surface area contributed by atoms with Crippen molar-refractivity contribution < 1.29 is 19.1 Å². The van der Waals surface area contributed by atoms with Crippen LogP contribution in [0.25, 0.3) is 5.57 Å². The van der Waals surface area contributed by atoms with Crippen LogP contribution in [0.3, 0.4) is 0 Å². The summed E-state index contributed by atoms with van der Waals surface area (Å²) in [5, 5.41) is 0. The number of hydrogen-bond acceptors (Lipinski definition) is 4. The lowest BCUT2D eigenvalue weighted by atomic mass is 9.81. The van der Waals surface area contributed by atoms with Crippen molar-refractivity contribution in [3.8, 4) is 0 Å². The molecule has 0 amide bonds. The van der Waals surface area contributed by atoms with Crippen LogP contribution in [0.2, 0.25) is 0 Å². The highest BCUT2D eigenvalue weighted by Crippen LogP contribution is 2.48. The fourth-order valence-electron chi connectivity index (χ4n) is 4.35. The first-order valence-corrected chi connectivity index (χ1v) is 9.66. The van der Waals surface area contributed by atoms with Gasteiger partial charge in [-0.3, -0.25) is 0 Å². The lowest BCUT2D eigenvalue weighted by Crippen LogP contribution is -2.36. The molecule has 0 N–H and O–H groups in total. The molecule has 0 aromatic heterocycles. The molecule has 4 heteroatoms. The number of carbonyl (C=O) groups excluding carboxylic acids is 2. The first-order chi connectivity index (χ1) is 12.7. The zero-order valence-electron chi connectivity index (χ0n) is 16.9. The smallest absolute Gasteiger partial charge is 0.343 e. The lowest BCUT2D eigenvalue weighted by molar-refractivity contribution is -0.153. The molecule has 1 saturated carbocycles. The van der Waals surface area contributed by atoms with Gasteiger partial charge in [-0.05, 0) is 77.0 Å². The summed E-state index contributed by atoms with van der Waals surface area (Å²) in [7, 11) is 0. The number of esters is 2. The highest BCUT2D eigenvalue weighted by atomic mass is 16.6. The molecule has 0 saturated heterocycles. The molecule has 1 heterocycles. The number of aryl methyl sites for hydroxylation is 3. The number of benzene rings is 1. The third kappa shape index (κ3) is 3.71. The van der Waals surface area contributed by atoms with Crippen molar-refractivity contribution in [3.63, 3.8) is 0 Å². The second-order valence-corrected chi connectivity index (χ2v) is 8.07. The monoisotopic (exact) mass is 368 g/mol. The SMILES string of the molecule is CC(C)=CC(=O)OC1=C(c2c(C)cc(C)cc2C)C(=O)OC12CCCCC2. The molecule has 0 bridgehead atoms. The van der Waals surface area contributed by atoms with Gasteiger partial charge in [0.05, 0.1) is 0 Å². The maximum atomic E-state index is 13.0. The molecular formula is C23H28O4. The summed E-state index contributed by atoms with van der Waals surface area (Å²) in [5.74, 6) is -0.426. The summed E-state index contributed by atoms with van der Waals surface area (Å²) < 4.78 is 11.7. The second-order valence-electron chi connectivity index (χ2n) is 8.07. The van der Waals surface area contributed by atoms with Gasteiger partial charge in [0.15, 0.2) is 11.4 Å². The standard InChI is InChI=1S/C23H28O4/c1-14(2)11-18(24)26-21-20(19-16(4)12-15(3)13-17(19)5)22(25)27-23(21)9-7-6-8-10-23/h11-13H,6-10H2,1-5H3. The van der Waals surface area contributed by atoms with Crippen LogP contribution in [0.1, 0.15) is 68.2 Å². The van der Waals surface area contributed by atoms with E-state index in [1.807, 2.05) is 46.8 Å². The molecule has 2 aliphatic rings. The van der Waals surface area contributed by atoms with E-state index in [2.05, 4.69) is 0 Å². The number of ether oxygens (including phenoxy) is 2. The highest BCUT2D eigenvalue weighted by Gasteiger charge is 2.51. The van der Waals surface area contributed by atoms with E-state index < -0.39 is 11.6 Å². The molecule has 1 aliphatic carbocycles. The predicted molar refractivity (Wildman–Crippen MR) is 105 cm³/mol. The Hall–Kier alpha value is -2.36. The molecule has 0 unspecified atom stereocenters. The molecule has 1 aliphatic heterocycles. The van der Waals surface area contributed by atoms with E-state index in [0.717, 1.165) is 47.1 Å². The Bertz CT molecular complexity index is 824. The number of allylic oxidation sites excluding steroid dienone is 1. The van der Waals surface area contributed by atoms with E-state index in [4.69, 9.17) is 9.47 Å². The van der Waals surface area contributed by atoms with Crippen LogP contribution in [0, 0.1) is 20.8 Å². The molecular weight excluding hydrogens is 340 g/mol. The van der Waals surface area contributed by atoms with Crippen LogP contribution in [-0.4, -0.2) is 17.5 Å². The molecule has 0 radical (unpaired) electrons. The fourth-order valence-corrected chi connectivity index (χ4v) is 4.35. The van der Waals surface area contributed by atoms with E-state index >= 15 is 0 Å². The molecule has 1 aromatic carbocycles. The van der Waals surface area contributed by atoms with E-state index in [1.54, 1.807) is 0 Å². The Morgan fingerprint density at radius 3 is 2.22 bits per heavy atom. The molecule has 3 rings (SSSR count). The zero-order chi connectivity index (χ0) is 19.8. The average molecular weight is 368 g/mol. The fraction of sp³-hybridized carbons (Fsp3) is 0.478. The minimum Gasteiger partial charge on any atom is -0.447 e. The summed E-state index contributed by atoms with van der Waals surface area (Å²) >= 11 is 0. The van der Waals surface area contributed by atoms with Crippen LogP contribution >= 0.6 is 0 Å². The molecule has 4 nitrogen and oxygen atoms in total. The molecule has 144 valence electrons. The van der Waals surface area contributed by atoms with Crippen LogP contribution in [-0.2, 0) is 19.1 Å². The van der Waals surface area contributed by atoms with E-state index in [9.17, 15) is 9.59 Å². The van der Waals surface area contributed by atoms with E-state index in [-0.39, 0.29) is 5.97 Å². The van der Waals surface area contributed by atoms with Crippen molar-refractivity contribution in [3.05, 3.63) is 51.8 Å². The van der Waals surface area contributed by atoms with Gasteiger partial charge in [0, 0.05) is 6.08 Å². The first kappa shape index (κ1) is 19.4. The van der Waals surface area contributed by atoms with Gasteiger partial charge in [0.1, 0.15) is 5.57 Å². The number of hydrogen-bond donors (Lipinski definition) is 0. The number of carbonyl (C=O) groups is 2. The zero-order valence-corrected chi connectivity index (χ0v) is 16.9. The third-order valence-corrected chi connectivity index (χ3v) is 5.33.